The van der Waals surface area contributed by atoms with Gasteiger partial charge in [-0.1, -0.05) is 32.3 Å². The summed E-state index contributed by atoms with van der Waals surface area (Å²) in [7, 11) is -1.90. The molecule has 0 radical (unpaired) electrons. The second-order valence-electron chi connectivity index (χ2n) is 3.67. The first-order valence-electron chi connectivity index (χ1n) is 4.78. The average Bonchev–Trinajstić information content (AvgIpc) is 1.94. The van der Waals surface area contributed by atoms with E-state index in [4.69, 9.17) is 0 Å². The van der Waals surface area contributed by atoms with E-state index in [2.05, 4.69) is 13.0 Å². The van der Waals surface area contributed by atoms with Gasteiger partial charge in [-0.15, -0.1) is 0 Å². The van der Waals surface area contributed by atoms with Gasteiger partial charge in [0.05, 0.1) is 0 Å². The molecule has 0 rings (SSSR count). The smallest absolute Gasteiger partial charge is 0.102 e. The van der Waals surface area contributed by atoms with Gasteiger partial charge in [0.15, 0.2) is 0 Å². The molecule has 0 aromatic carbocycles. The van der Waals surface area contributed by atoms with Gasteiger partial charge in [0, 0.05) is 0 Å². The van der Waals surface area contributed by atoms with Gasteiger partial charge in [0.25, 0.3) is 0 Å². The minimum Gasteiger partial charge on any atom is -0.320 e. The molecule has 0 unspecified atom stereocenters. The zero-order chi connectivity index (χ0) is 9.45. The number of hydrogen-bond donors (Lipinski definition) is 0. The minimum atomic E-state index is -1.90. The summed E-state index contributed by atoms with van der Waals surface area (Å²) in [6.45, 7) is 5.81. The summed E-state index contributed by atoms with van der Waals surface area (Å²) >= 11 is 0. The molecule has 72 valence electrons. The van der Waals surface area contributed by atoms with E-state index in [9.17, 15) is 4.57 Å². The van der Waals surface area contributed by atoms with Gasteiger partial charge in [-0.2, -0.15) is 0 Å². The predicted octanol–water partition coefficient (Wildman–Crippen LogP) is 4.09. The molecule has 0 fully saturated rings. The molecule has 0 aliphatic rings. The van der Waals surface area contributed by atoms with Crippen LogP contribution in [-0.4, -0.2) is 13.3 Å². The third-order valence-corrected chi connectivity index (χ3v) is 2.62. The lowest BCUT2D eigenvalue weighted by Crippen LogP contribution is -1.74. The van der Waals surface area contributed by atoms with E-state index < -0.39 is 7.14 Å². The van der Waals surface area contributed by atoms with Crippen molar-refractivity contribution in [2.24, 2.45) is 0 Å². The lowest BCUT2D eigenvalue weighted by atomic mass is 10.2. The molecule has 0 bridgehead atoms. The molecule has 0 spiro atoms. The number of allylic oxidation sites excluding steroid dienone is 1. The van der Waals surface area contributed by atoms with Crippen molar-refractivity contribution in [3.63, 3.8) is 0 Å². The van der Waals surface area contributed by atoms with Crippen molar-refractivity contribution in [2.75, 3.05) is 13.3 Å². The Labute approximate surface area is 76.6 Å². The van der Waals surface area contributed by atoms with Crippen molar-refractivity contribution in [3.8, 4) is 0 Å². The highest BCUT2D eigenvalue weighted by Crippen LogP contribution is 2.37. The Bertz CT molecular complexity index is 167. The van der Waals surface area contributed by atoms with Gasteiger partial charge >= 0.3 is 0 Å². The summed E-state index contributed by atoms with van der Waals surface area (Å²) in [4.78, 5) is 0. The Morgan fingerprint density at radius 1 is 1.17 bits per heavy atom. The van der Waals surface area contributed by atoms with Gasteiger partial charge in [0.2, 0.25) is 0 Å². The maximum Gasteiger partial charge on any atom is 0.102 e. The van der Waals surface area contributed by atoms with Gasteiger partial charge in [-0.25, -0.2) is 0 Å². The van der Waals surface area contributed by atoms with Crippen LogP contribution in [-0.2, 0) is 4.57 Å². The molecule has 0 aliphatic carbocycles. The molecule has 0 saturated carbocycles. The van der Waals surface area contributed by atoms with Crippen LogP contribution in [0.15, 0.2) is 11.9 Å². The highest BCUT2D eigenvalue weighted by molar-refractivity contribution is 7.65. The van der Waals surface area contributed by atoms with Gasteiger partial charge < -0.3 is 4.57 Å². The molecular formula is C10H21OP. The Morgan fingerprint density at radius 3 is 2.33 bits per heavy atom. The van der Waals surface area contributed by atoms with Crippen molar-refractivity contribution in [1.82, 2.24) is 0 Å². The van der Waals surface area contributed by atoms with Crippen LogP contribution in [0.5, 0.6) is 0 Å². The van der Waals surface area contributed by atoms with Crippen molar-refractivity contribution in [2.45, 2.75) is 39.0 Å². The molecule has 0 aliphatic heterocycles. The number of rotatable bonds is 6. The highest BCUT2D eigenvalue weighted by atomic mass is 31.2. The lowest BCUT2D eigenvalue weighted by Gasteiger charge is -1.97. The standard InChI is InChI=1S/C10H21OP/c1-4-5-6-7-8-9-10-12(2,3)11/h9-10H,4-8H2,1-3H3/b10-9+. The molecule has 0 atom stereocenters. The van der Waals surface area contributed by atoms with E-state index in [1.165, 1.54) is 25.7 Å². The fourth-order valence-corrected chi connectivity index (χ4v) is 1.67. The Kier molecular flexibility index (Phi) is 6.47. The van der Waals surface area contributed by atoms with Crippen LogP contribution in [0.3, 0.4) is 0 Å². The zero-order valence-electron chi connectivity index (χ0n) is 8.55. The van der Waals surface area contributed by atoms with Crippen LogP contribution in [0.4, 0.5) is 0 Å². The number of hydrogen-bond acceptors (Lipinski definition) is 1. The molecule has 0 saturated heterocycles. The summed E-state index contributed by atoms with van der Waals surface area (Å²) < 4.78 is 11.2. The van der Waals surface area contributed by atoms with E-state index in [-0.39, 0.29) is 0 Å². The van der Waals surface area contributed by atoms with Gasteiger partial charge in [-0.3, -0.25) is 0 Å². The van der Waals surface area contributed by atoms with E-state index in [0.717, 1.165) is 6.42 Å². The monoisotopic (exact) mass is 188 g/mol. The molecule has 0 aromatic rings. The molecule has 0 aromatic heterocycles. The number of unbranched alkanes of at least 4 members (excludes halogenated alkanes) is 4. The van der Waals surface area contributed by atoms with Crippen molar-refractivity contribution >= 4 is 7.14 Å². The summed E-state index contributed by atoms with van der Waals surface area (Å²) in [6.07, 6.45) is 8.30. The highest BCUT2D eigenvalue weighted by Gasteiger charge is 1.97. The average molecular weight is 188 g/mol. The summed E-state index contributed by atoms with van der Waals surface area (Å²) in [5, 5.41) is 0. The van der Waals surface area contributed by atoms with Crippen molar-refractivity contribution < 1.29 is 4.57 Å². The fourth-order valence-electron chi connectivity index (χ4n) is 1.02. The Balaban J connectivity index is 3.31. The largest absolute Gasteiger partial charge is 0.320 e. The first-order chi connectivity index (χ1) is 5.56. The first-order valence-corrected chi connectivity index (χ1v) is 7.45. The SMILES string of the molecule is CCCCCC/C=C/P(C)(C)=O. The van der Waals surface area contributed by atoms with Crippen LogP contribution in [0, 0.1) is 0 Å². The zero-order valence-corrected chi connectivity index (χ0v) is 9.44. The maximum atomic E-state index is 11.2. The quantitative estimate of drug-likeness (QED) is 0.453. The van der Waals surface area contributed by atoms with Gasteiger partial charge in [0.1, 0.15) is 7.14 Å². The summed E-state index contributed by atoms with van der Waals surface area (Å²) in [5.41, 5.74) is 0. The third kappa shape index (κ3) is 9.97. The maximum absolute atomic E-state index is 11.2. The molecule has 12 heavy (non-hydrogen) atoms. The summed E-state index contributed by atoms with van der Waals surface area (Å²) in [5.74, 6) is 1.87. The topological polar surface area (TPSA) is 17.1 Å². The first kappa shape index (κ1) is 12.0. The van der Waals surface area contributed by atoms with E-state index in [0.29, 0.717) is 0 Å². The van der Waals surface area contributed by atoms with Crippen LogP contribution in [0.1, 0.15) is 39.0 Å². The molecular weight excluding hydrogens is 167 g/mol. The van der Waals surface area contributed by atoms with Crippen LogP contribution < -0.4 is 0 Å². The summed E-state index contributed by atoms with van der Waals surface area (Å²) in [6, 6.07) is 0. The second kappa shape index (κ2) is 6.48. The minimum absolute atomic E-state index is 1.09. The Morgan fingerprint density at radius 2 is 1.83 bits per heavy atom. The van der Waals surface area contributed by atoms with E-state index in [1.807, 2.05) is 5.82 Å². The molecule has 1 nitrogen and oxygen atoms in total. The molecule has 0 heterocycles. The van der Waals surface area contributed by atoms with Crippen molar-refractivity contribution in [3.05, 3.63) is 11.9 Å². The van der Waals surface area contributed by atoms with Crippen LogP contribution >= 0.6 is 7.14 Å². The predicted molar refractivity (Wildman–Crippen MR) is 57.4 cm³/mol. The lowest BCUT2D eigenvalue weighted by molar-refractivity contribution is 0.587. The van der Waals surface area contributed by atoms with E-state index >= 15 is 0 Å². The molecule has 0 N–H and O–H groups in total. The molecule has 0 amide bonds. The van der Waals surface area contributed by atoms with Crippen LogP contribution in [0.2, 0.25) is 0 Å². The normalized spacial score (nSPS) is 12.6. The van der Waals surface area contributed by atoms with Crippen LogP contribution in [0.25, 0.3) is 0 Å². The van der Waals surface area contributed by atoms with Crippen molar-refractivity contribution in [1.29, 1.82) is 0 Å². The third-order valence-electron chi connectivity index (χ3n) is 1.69. The van der Waals surface area contributed by atoms with E-state index in [1.54, 1.807) is 13.3 Å². The fraction of sp³-hybridized carbons (Fsp3) is 0.800. The second-order valence-corrected chi connectivity index (χ2v) is 6.83. The molecule has 2 heteroatoms. The van der Waals surface area contributed by atoms with Gasteiger partial charge in [-0.05, 0) is 32.0 Å². The Hall–Kier alpha value is -0.0300.